The average Bonchev–Trinajstić information content (AvgIpc) is 2.86. The van der Waals surface area contributed by atoms with Gasteiger partial charge in [-0.3, -0.25) is 4.79 Å². The molecule has 2 fully saturated rings. The molecule has 0 spiro atoms. The SMILES string of the molecule is Cc1ccccc1C(CCCN1CCNCC1)C1NC(=O)C(C)(C)S1.Cl. The summed E-state index contributed by atoms with van der Waals surface area (Å²) in [7, 11) is 0. The van der Waals surface area contributed by atoms with Crippen molar-refractivity contribution in [2.45, 2.75) is 49.7 Å². The van der Waals surface area contributed by atoms with Gasteiger partial charge in [0.25, 0.3) is 0 Å². The third-order valence-corrected chi connectivity index (χ3v) is 6.87. The van der Waals surface area contributed by atoms with Crippen molar-refractivity contribution in [3.8, 4) is 0 Å². The van der Waals surface area contributed by atoms with Gasteiger partial charge in [0.2, 0.25) is 5.91 Å². The van der Waals surface area contributed by atoms with Crippen LogP contribution in [0.3, 0.4) is 0 Å². The maximum atomic E-state index is 12.3. The minimum Gasteiger partial charge on any atom is -0.342 e. The Hall–Kier alpha value is -0.750. The lowest BCUT2D eigenvalue weighted by molar-refractivity contribution is -0.122. The molecule has 2 unspecified atom stereocenters. The predicted molar refractivity (Wildman–Crippen MR) is 113 cm³/mol. The van der Waals surface area contributed by atoms with E-state index >= 15 is 0 Å². The van der Waals surface area contributed by atoms with Crippen LogP contribution in [0.1, 0.15) is 43.7 Å². The Morgan fingerprint density at radius 3 is 2.58 bits per heavy atom. The van der Waals surface area contributed by atoms with Crippen molar-refractivity contribution in [2.24, 2.45) is 0 Å². The van der Waals surface area contributed by atoms with Gasteiger partial charge in [0, 0.05) is 32.1 Å². The van der Waals surface area contributed by atoms with Crippen molar-refractivity contribution < 1.29 is 4.79 Å². The van der Waals surface area contributed by atoms with Crippen molar-refractivity contribution >= 4 is 30.1 Å². The number of hydrogen-bond donors (Lipinski definition) is 2. The molecule has 0 saturated carbocycles. The molecule has 4 nitrogen and oxygen atoms in total. The molecule has 1 amide bonds. The number of halogens is 1. The van der Waals surface area contributed by atoms with E-state index in [1.54, 1.807) is 11.8 Å². The van der Waals surface area contributed by atoms with Crippen molar-refractivity contribution in [2.75, 3.05) is 32.7 Å². The molecular formula is C20H32ClN3OS. The molecule has 26 heavy (non-hydrogen) atoms. The molecule has 1 aromatic rings. The smallest absolute Gasteiger partial charge is 0.236 e. The molecule has 1 aromatic carbocycles. The van der Waals surface area contributed by atoms with Crippen molar-refractivity contribution in [1.82, 2.24) is 15.5 Å². The summed E-state index contributed by atoms with van der Waals surface area (Å²) in [5.74, 6) is 0.544. The number of rotatable bonds is 6. The van der Waals surface area contributed by atoms with E-state index < -0.39 is 0 Å². The van der Waals surface area contributed by atoms with Crippen LogP contribution < -0.4 is 10.6 Å². The van der Waals surface area contributed by atoms with Crippen LogP contribution in [0.5, 0.6) is 0 Å². The quantitative estimate of drug-likeness (QED) is 0.773. The molecule has 2 aliphatic rings. The van der Waals surface area contributed by atoms with E-state index in [-0.39, 0.29) is 28.4 Å². The lowest BCUT2D eigenvalue weighted by Gasteiger charge is -2.29. The molecule has 146 valence electrons. The maximum absolute atomic E-state index is 12.3. The highest BCUT2D eigenvalue weighted by molar-refractivity contribution is 8.02. The highest BCUT2D eigenvalue weighted by atomic mass is 35.5. The summed E-state index contributed by atoms with van der Waals surface area (Å²) in [5.41, 5.74) is 2.72. The third kappa shape index (κ3) is 5.16. The number of nitrogens with one attached hydrogen (secondary N) is 2. The first-order valence-electron chi connectivity index (χ1n) is 9.45. The Morgan fingerprint density at radius 2 is 1.96 bits per heavy atom. The zero-order valence-corrected chi connectivity index (χ0v) is 17.7. The summed E-state index contributed by atoms with van der Waals surface area (Å²) in [6.07, 6.45) is 2.29. The van der Waals surface area contributed by atoms with E-state index in [0.717, 1.165) is 39.1 Å². The third-order valence-electron chi connectivity index (χ3n) is 5.39. The van der Waals surface area contributed by atoms with Crippen LogP contribution in [0.25, 0.3) is 0 Å². The first kappa shape index (κ1) is 21.5. The summed E-state index contributed by atoms with van der Waals surface area (Å²) in [6.45, 7) is 11.9. The van der Waals surface area contributed by atoms with Crippen molar-refractivity contribution in [1.29, 1.82) is 0 Å². The standard InChI is InChI=1S/C20H31N3OS.ClH/c1-15-7-4-5-8-16(15)17(18-22-19(24)20(2,3)25-18)9-6-12-23-13-10-21-11-14-23;/h4-5,7-8,17-18,21H,6,9-14H2,1-3H3,(H,22,24);1H. The van der Waals surface area contributed by atoms with E-state index in [9.17, 15) is 4.79 Å². The van der Waals surface area contributed by atoms with E-state index in [1.807, 2.05) is 13.8 Å². The van der Waals surface area contributed by atoms with Gasteiger partial charge in [-0.1, -0.05) is 24.3 Å². The van der Waals surface area contributed by atoms with E-state index in [2.05, 4.69) is 46.7 Å². The molecule has 6 heteroatoms. The van der Waals surface area contributed by atoms with E-state index in [4.69, 9.17) is 0 Å². The first-order chi connectivity index (χ1) is 12.0. The molecule has 0 aromatic heterocycles. The summed E-state index contributed by atoms with van der Waals surface area (Å²) < 4.78 is -0.329. The summed E-state index contributed by atoms with van der Waals surface area (Å²) >= 11 is 1.79. The number of carbonyl (C=O) groups is 1. The summed E-state index contributed by atoms with van der Waals surface area (Å²) in [6, 6.07) is 8.65. The minimum absolute atomic E-state index is 0. The molecule has 2 atom stereocenters. The minimum atomic E-state index is -0.329. The first-order valence-corrected chi connectivity index (χ1v) is 10.3. The van der Waals surface area contributed by atoms with Crippen LogP contribution >= 0.6 is 24.2 Å². The number of carbonyl (C=O) groups excluding carboxylic acids is 1. The molecule has 3 rings (SSSR count). The van der Waals surface area contributed by atoms with Gasteiger partial charge in [0.05, 0.1) is 10.1 Å². The molecule has 2 aliphatic heterocycles. The molecule has 2 saturated heterocycles. The largest absolute Gasteiger partial charge is 0.342 e. The van der Waals surface area contributed by atoms with E-state index in [0.29, 0.717) is 5.92 Å². The molecule has 0 aliphatic carbocycles. The van der Waals surface area contributed by atoms with Crippen LogP contribution in [0.4, 0.5) is 0 Å². The van der Waals surface area contributed by atoms with Crippen molar-refractivity contribution in [3.05, 3.63) is 35.4 Å². The second kappa shape index (κ2) is 9.45. The Bertz CT molecular complexity index is 604. The summed E-state index contributed by atoms with van der Waals surface area (Å²) in [5, 5.41) is 6.84. The Morgan fingerprint density at radius 1 is 1.27 bits per heavy atom. The lowest BCUT2D eigenvalue weighted by atomic mass is 9.90. The number of hydrogen-bond acceptors (Lipinski definition) is 4. The fourth-order valence-electron chi connectivity index (χ4n) is 3.83. The summed E-state index contributed by atoms with van der Waals surface area (Å²) in [4.78, 5) is 14.9. The topological polar surface area (TPSA) is 44.4 Å². The fourth-order valence-corrected chi connectivity index (χ4v) is 5.24. The highest BCUT2D eigenvalue weighted by Crippen LogP contribution is 2.43. The van der Waals surface area contributed by atoms with Crippen LogP contribution in [-0.4, -0.2) is 53.7 Å². The van der Waals surface area contributed by atoms with Gasteiger partial charge in [-0.2, -0.15) is 0 Å². The van der Waals surface area contributed by atoms with Crippen LogP contribution in [0.15, 0.2) is 24.3 Å². The number of thioether (sulfide) groups is 1. The van der Waals surface area contributed by atoms with Crippen LogP contribution in [0, 0.1) is 6.92 Å². The molecular weight excluding hydrogens is 366 g/mol. The monoisotopic (exact) mass is 397 g/mol. The predicted octanol–water partition coefficient (Wildman–Crippen LogP) is 3.15. The fraction of sp³-hybridized carbons (Fsp3) is 0.650. The van der Waals surface area contributed by atoms with Gasteiger partial charge in [-0.25, -0.2) is 0 Å². The van der Waals surface area contributed by atoms with Gasteiger partial charge in [-0.15, -0.1) is 24.2 Å². The van der Waals surface area contributed by atoms with Gasteiger partial charge in [-0.05, 0) is 51.3 Å². The van der Waals surface area contributed by atoms with Crippen LogP contribution in [0.2, 0.25) is 0 Å². The normalized spacial score (nSPS) is 24.0. The average molecular weight is 398 g/mol. The van der Waals surface area contributed by atoms with E-state index in [1.165, 1.54) is 17.5 Å². The van der Waals surface area contributed by atoms with Gasteiger partial charge in [0.1, 0.15) is 0 Å². The van der Waals surface area contributed by atoms with Gasteiger partial charge in [0.15, 0.2) is 0 Å². The second-order valence-corrected chi connectivity index (χ2v) is 9.48. The Kier molecular flexibility index (Phi) is 7.83. The molecule has 2 heterocycles. The Balaban J connectivity index is 0.00000243. The molecule has 2 N–H and O–H groups in total. The number of nitrogens with zero attached hydrogens (tertiary/aromatic N) is 1. The highest BCUT2D eigenvalue weighted by Gasteiger charge is 2.43. The van der Waals surface area contributed by atoms with Gasteiger partial charge < -0.3 is 15.5 Å². The zero-order valence-electron chi connectivity index (χ0n) is 16.1. The number of amides is 1. The van der Waals surface area contributed by atoms with Crippen molar-refractivity contribution in [3.63, 3.8) is 0 Å². The molecule has 0 radical (unpaired) electrons. The second-order valence-electron chi connectivity index (χ2n) is 7.72. The zero-order chi connectivity index (χ0) is 17.9. The molecule has 0 bridgehead atoms. The van der Waals surface area contributed by atoms with Crippen LogP contribution in [-0.2, 0) is 4.79 Å². The number of benzene rings is 1. The Labute approximate surface area is 168 Å². The number of piperazine rings is 1. The maximum Gasteiger partial charge on any atom is 0.236 e. The number of aryl methyl sites for hydroxylation is 1. The van der Waals surface area contributed by atoms with Gasteiger partial charge >= 0.3 is 0 Å². The lowest BCUT2D eigenvalue weighted by Crippen LogP contribution is -2.43.